The molecule has 2 atom stereocenters. The van der Waals surface area contributed by atoms with Gasteiger partial charge in [-0.3, -0.25) is 0 Å². The lowest BCUT2D eigenvalue weighted by molar-refractivity contribution is 0.209. The van der Waals surface area contributed by atoms with E-state index in [1.807, 2.05) is 18.2 Å². The van der Waals surface area contributed by atoms with E-state index in [1.54, 1.807) is 0 Å². The number of fused-ring (bicyclic) bond motifs is 1. The summed E-state index contributed by atoms with van der Waals surface area (Å²) in [5.74, 6) is 1.08. The molecule has 0 fully saturated rings. The lowest BCUT2D eigenvalue weighted by Gasteiger charge is -2.29. The van der Waals surface area contributed by atoms with E-state index in [1.165, 1.54) is 0 Å². The highest BCUT2D eigenvalue weighted by Crippen LogP contribution is 2.36. The van der Waals surface area contributed by atoms with Crippen LogP contribution in [0.25, 0.3) is 0 Å². The average Bonchev–Trinajstić information content (AvgIpc) is 2.27. The molecule has 1 aliphatic heterocycles. The minimum absolute atomic E-state index is 0.0105. The van der Waals surface area contributed by atoms with E-state index in [0.717, 1.165) is 22.2 Å². The number of hydrogen-bond acceptors (Lipinski definition) is 3. The smallest absolute Gasteiger partial charge is 0.122 e. The number of benzene rings is 1. The van der Waals surface area contributed by atoms with E-state index in [4.69, 9.17) is 15.6 Å². The molecule has 82 valence electrons. The Bertz CT molecular complexity index is 356. The molecule has 1 heterocycles. The molecule has 0 saturated heterocycles. The van der Waals surface area contributed by atoms with Gasteiger partial charge in [-0.2, -0.15) is 0 Å². The van der Waals surface area contributed by atoms with Gasteiger partial charge in [-0.05, 0) is 24.6 Å². The summed E-state index contributed by atoms with van der Waals surface area (Å²) >= 11 is 3.43. The second-order valence-electron chi connectivity index (χ2n) is 3.77. The van der Waals surface area contributed by atoms with Crippen molar-refractivity contribution in [1.29, 1.82) is 0 Å². The third-order valence-corrected chi connectivity index (χ3v) is 3.28. The first-order chi connectivity index (χ1) is 7.22. The van der Waals surface area contributed by atoms with E-state index in [0.29, 0.717) is 6.61 Å². The highest BCUT2D eigenvalue weighted by molar-refractivity contribution is 9.10. The van der Waals surface area contributed by atoms with Crippen molar-refractivity contribution in [2.75, 3.05) is 13.2 Å². The van der Waals surface area contributed by atoms with Crippen molar-refractivity contribution < 1.29 is 9.84 Å². The molecular formula is C11H14BrNO2. The SMILES string of the molecule is NC(CO)C1CCOc2ccc(Br)cc21. The van der Waals surface area contributed by atoms with Crippen molar-refractivity contribution in [3.05, 3.63) is 28.2 Å². The normalized spacial score (nSPS) is 21.7. The molecule has 1 aliphatic rings. The van der Waals surface area contributed by atoms with Crippen LogP contribution < -0.4 is 10.5 Å². The van der Waals surface area contributed by atoms with Gasteiger partial charge < -0.3 is 15.6 Å². The van der Waals surface area contributed by atoms with Gasteiger partial charge in [0.15, 0.2) is 0 Å². The Balaban J connectivity index is 2.36. The molecule has 3 N–H and O–H groups in total. The molecule has 15 heavy (non-hydrogen) atoms. The average molecular weight is 272 g/mol. The van der Waals surface area contributed by atoms with Gasteiger partial charge in [-0.1, -0.05) is 15.9 Å². The molecule has 2 unspecified atom stereocenters. The Kier molecular flexibility index (Phi) is 3.29. The fourth-order valence-electron chi connectivity index (χ4n) is 1.96. The highest BCUT2D eigenvalue weighted by atomic mass is 79.9. The Hall–Kier alpha value is -0.580. The third-order valence-electron chi connectivity index (χ3n) is 2.79. The van der Waals surface area contributed by atoms with Crippen LogP contribution in [0.15, 0.2) is 22.7 Å². The molecule has 0 saturated carbocycles. The van der Waals surface area contributed by atoms with Crippen LogP contribution in [-0.4, -0.2) is 24.4 Å². The van der Waals surface area contributed by atoms with Gasteiger partial charge in [0.25, 0.3) is 0 Å². The van der Waals surface area contributed by atoms with Crippen LogP contribution in [0.3, 0.4) is 0 Å². The molecule has 0 spiro atoms. The number of aliphatic hydroxyl groups is 1. The first-order valence-corrected chi connectivity index (χ1v) is 5.80. The summed E-state index contributed by atoms with van der Waals surface area (Å²) in [4.78, 5) is 0. The lowest BCUT2D eigenvalue weighted by Crippen LogP contribution is -2.35. The number of nitrogens with two attached hydrogens (primary N) is 1. The molecule has 0 aromatic heterocycles. The highest BCUT2D eigenvalue weighted by Gasteiger charge is 2.26. The van der Waals surface area contributed by atoms with Gasteiger partial charge >= 0.3 is 0 Å². The van der Waals surface area contributed by atoms with Gasteiger partial charge in [-0.25, -0.2) is 0 Å². The summed E-state index contributed by atoms with van der Waals surface area (Å²) in [7, 11) is 0. The van der Waals surface area contributed by atoms with Crippen LogP contribution in [0.1, 0.15) is 17.9 Å². The van der Waals surface area contributed by atoms with Crippen LogP contribution in [-0.2, 0) is 0 Å². The number of rotatable bonds is 2. The molecule has 3 nitrogen and oxygen atoms in total. The maximum Gasteiger partial charge on any atom is 0.122 e. The summed E-state index contributed by atoms with van der Waals surface area (Å²) in [6.45, 7) is 0.684. The molecule has 0 amide bonds. The summed E-state index contributed by atoms with van der Waals surface area (Å²) in [5.41, 5.74) is 6.99. The van der Waals surface area contributed by atoms with Gasteiger partial charge in [0, 0.05) is 22.0 Å². The summed E-state index contributed by atoms with van der Waals surface area (Å²) < 4.78 is 6.56. The van der Waals surface area contributed by atoms with Gasteiger partial charge in [-0.15, -0.1) is 0 Å². The maximum absolute atomic E-state index is 9.10. The number of ether oxygens (including phenoxy) is 1. The third kappa shape index (κ3) is 2.17. The molecule has 4 heteroatoms. The van der Waals surface area contributed by atoms with Gasteiger partial charge in [0.1, 0.15) is 5.75 Å². The largest absolute Gasteiger partial charge is 0.493 e. The predicted octanol–water partition coefficient (Wildman–Crippen LogP) is 1.63. The fourth-order valence-corrected chi connectivity index (χ4v) is 2.34. The van der Waals surface area contributed by atoms with Crippen LogP contribution in [0.4, 0.5) is 0 Å². The summed E-state index contributed by atoms with van der Waals surface area (Å²) in [5, 5.41) is 9.10. The lowest BCUT2D eigenvalue weighted by atomic mass is 9.87. The van der Waals surface area contributed by atoms with Gasteiger partial charge in [0.05, 0.1) is 13.2 Å². The van der Waals surface area contributed by atoms with E-state index >= 15 is 0 Å². The van der Waals surface area contributed by atoms with Crippen LogP contribution in [0.5, 0.6) is 5.75 Å². The van der Waals surface area contributed by atoms with Crippen molar-refractivity contribution >= 4 is 15.9 Å². The second kappa shape index (κ2) is 4.51. The second-order valence-corrected chi connectivity index (χ2v) is 4.69. The summed E-state index contributed by atoms with van der Waals surface area (Å²) in [6, 6.07) is 5.71. The first kappa shape index (κ1) is 10.9. The zero-order chi connectivity index (χ0) is 10.8. The van der Waals surface area contributed by atoms with Gasteiger partial charge in [0.2, 0.25) is 0 Å². The monoisotopic (exact) mass is 271 g/mol. The molecular weight excluding hydrogens is 258 g/mol. The topological polar surface area (TPSA) is 55.5 Å². The van der Waals surface area contributed by atoms with E-state index in [-0.39, 0.29) is 18.6 Å². The van der Waals surface area contributed by atoms with Crippen LogP contribution in [0.2, 0.25) is 0 Å². The Labute approximate surface area is 97.4 Å². The zero-order valence-corrected chi connectivity index (χ0v) is 9.90. The van der Waals surface area contributed by atoms with Crippen molar-refractivity contribution in [1.82, 2.24) is 0 Å². The van der Waals surface area contributed by atoms with Crippen molar-refractivity contribution in [2.24, 2.45) is 5.73 Å². The van der Waals surface area contributed by atoms with Crippen LogP contribution >= 0.6 is 15.9 Å². The molecule has 0 aliphatic carbocycles. The first-order valence-electron chi connectivity index (χ1n) is 5.01. The fraction of sp³-hybridized carbons (Fsp3) is 0.455. The molecule has 1 aromatic rings. The number of hydrogen-bond donors (Lipinski definition) is 2. The zero-order valence-electron chi connectivity index (χ0n) is 8.32. The predicted molar refractivity (Wildman–Crippen MR) is 62.1 cm³/mol. The maximum atomic E-state index is 9.10. The molecule has 2 rings (SSSR count). The quantitative estimate of drug-likeness (QED) is 0.860. The molecule has 1 aromatic carbocycles. The Morgan fingerprint density at radius 1 is 1.60 bits per heavy atom. The summed E-state index contributed by atoms with van der Waals surface area (Å²) in [6.07, 6.45) is 0.866. The minimum atomic E-state index is -0.207. The Morgan fingerprint density at radius 3 is 3.13 bits per heavy atom. The van der Waals surface area contributed by atoms with E-state index < -0.39 is 0 Å². The van der Waals surface area contributed by atoms with Crippen molar-refractivity contribution in [2.45, 2.75) is 18.4 Å². The van der Waals surface area contributed by atoms with E-state index in [2.05, 4.69) is 15.9 Å². The number of aliphatic hydroxyl groups excluding tert-OH is 1. The van der Waals surface area contributed by atoms with Crippen LogP contribution in [0, 0.1) is 0 Å². The Morgan fingerprint density at radius 2 is 2.40 bits per heavy atom. The molecule has 0 radical (unpaired) electrons. The minimum Gasteiger partial charge on any atom is -0.493 e. The van der Waals surface area contributed by atoms with Crippen molar-refractivity contribution in [3.63, 3.8) is 0 Å². The number of halogens is 1. The molecule has 0 bridgehead atoms. The van der Waals surface area contributed by atoms with Crippen molar-refractivity contribution in [3.8, 4) is 5.75 Å². The standard InChI is InChI=1S/C11H14BrNO2/c12-7-1-2-11-9(5-7)8(3-4-15-11)10(13)6-14/h1-2,5,8,10,14H,3-4,6,13H2. The van der Waals surface area contributed by atoms with E-state index in [9.17, 15) is 0 Å².